The monoisotopic (exact) mass is 423 g/mol. The van der Waals surface area contributed by atoms with E-state index in [9.17, 15) is 9.59 Å². The van der Waals surface area contributed by atoms with Crippen molar-refractivity contribution in [1.29, 1.82) is 0 Å². The number of hydrogen-bond donors (Lipinski definition) is 2. The zero-order chi connectivity index (χ0) is 21.5. The van der Waals surface area contributed by atoms with Crippen LogP contribution in [0.25, 0.3) is 0 Å². The van der Waals surface area contributed by atoms with Gasteiger partial charge >= 0.3 is 5.97 Å². The Labute approximate surface area is 180 Å². The summed E-state index contributed by atoms with van der Waals surface area (Å²) < 4.78 is 5.06. The zero-order valence-electron chi connectivity index (χ0n) is 17.3. The first kappa shape index (κ1) is 21.6. The number of esters is 1. The number of aliphatic imine (C=N–C) groups is 1. The fraction of sp³-hybridized carbons (Fsp3) is 0.261. The van der Waals surface area contributed by atoms with Gasteiger partial charge in [-0.15, -0.1) is 0 Å². The molecular weight excluding hydrogens is 398 g/mol. The minimum absolute atomic E-state index is 0.108. The largest absolute Gasteiger partial charge is 0.466 e. The summed E-state index contributed by atoms with van der Waals surface area (Å²) in [6.07, 6.45) is 1.90. The number of anilines is 2. The first-order valence-electron chi connectivity index (χ1n) is 9.75. The number of nitrogens with zero attached hydrogens (tertiary/aromatic N) is 1. The highest BCUT2D eigenvalue weighted by molar-refractivity contribution is 8.14. The maximum absolute atomic E-state index is 12.4. The van der Waals surface area contributed by atoms with E-state index in [4.69, 9.17) is 4.74 Å². The van der Waals surface area contributed by atoms with E-state index in [1.165, 1.54) is 17.3 Å². The lowest BCUT2D eigenvalue weighted by Gasteiger charge is -2.10. The standard InChI is InChI=1S/C23H25N3O3S/c1-4-29-23(28)13-18-12-22(26-20-8-6-5-7-19(20)24-18)30-14-21(27)25-17-10-9-15(2)16(3)11-17/h5-12,24H,4,13-14H2,1-3H3,(H,25,27). The number of carbonyl (C=O) groups excluding carboxylic acids is 2. The van der Waals surface area contributed by atoms with Crippen molar-refractivity contribution in [2.24, 2.45) is 4.99 Å². The minimum Gasteiger partial charge on any atom is -0.466 e. The van der Waals surface area contributed by atoms with Gasteiger partial charge in [-0.2, -0.15) is 0 Å². The molecule has 0 saturated heterocycles. The van der Waals surface area contributed by atoms with Crippen molar-refractivity contribution in [2.75, 3.05) is 23.0 Å². The topological polar surface area (TPSA) is 79.8 Å². The molecule has 156 valence electrons. The van der Waals surface area contributed by atoms with Crippen LogP contribution in [0.15, 0.2) is 59.2 Å². The molecular formula is C23H25N3O3S. The molecule has 0 unspecified atom stereocenters. The predicted molar refractivity (Wildman–Crippen MR) is 123 cm³/mol. The second-order valence-electron chi connectivity index (χ2n) is 6.88. The van der Waals surface area contributed by atoms with Gasteiger partial charge in [-0.25, -0.2) is 4.99 Å². The van der Waals surface area contributed by atoms with Crippen LogP contribution in [0.3, 0.4) is 0 Å². The van der Waals surface area contributed by atoms with E-state index in [0.717, 1.165) is 22.6 Å². The number of rotatable bonds is 6. The van der Waals surface area contributed by atoms with Crippen LogP contribution in [-0.2, 0) is 14.3 Å². The normalized spacial score (nSPS) is 12.6. The number of aryl methyl sites for hydroxylation is 2. The summed E-state index contributed by atoms with van der Waals surface area (Å²) in [5.41, 5.74) is 5.33. The van der Waals surface area contributed by atoms with Crippen LogP contribution >= 0.6 is 11.8 Å². The number of hydrogen-bond acceptors (Lipinski definition) is 6. The Morgan fingerprint density at radius 2 is 1.93 bits per heavy atom. The summed E-state index contributed by atoms with van der Waals surface area (Å²) in [6.45, 7) is 6.16. The molecule has 1 aliphatic heterocycles. The first-order chi connectivity index (χ1) is 14.4. The smallest absolute Gasteiger partial charge is 0.311 e. The van der Waals surface area contributed by atoms with Crippen LogP contribution < -0.4 is 10.6 Å². The Morgan fingerprint density at radius 3 is 2.70 bits per heavy atom. The second-order valence-corrected chi connectivity index (χ2v) is 7.88. The Kier molecular flexibility index (Phi) is 7.30. The molecule has 0 fully saturated rings. The van der Waals surface area contributed by atoms with Gasteiger partial charge in [0.2, 0.25) is 5.91 Å². The van der Waals surface area contributed by atoms with Gasteiger partial charge in [0.15, 0.2) is 0 Å². The second kappa shape index (κ2) is 10.1. The van der Waals surface area contributed by atoms with Crippen molar-refractivity contribution in [3.05, 3.63) is 65.4 Å². The molecule has 1 amide bonds. The van der Waals surface area contributed by atoms with E-state index in [2.05, 4.69) is 15.6 Å². The number of amides is 1. The van der Waals surface area contributed by atoms with Crippen molar-refractivity contribution in [2.45, 2.75) is 27.2 Å². The molecule has 0 atom stereocenters. The van der Waals surface area contributed by atoms with Gasteiger partial charge in [0.25, 0.3) is 0 Å². The van der Waals surface area contributed by atoms with Crippen LogP contribution in [-0.4, -0.2) is 29.3 Å². The lowest BCUT2D eigenvalue weighted by Crippen LogP contribution is -2.15. The summed E-state index contributed by atoms with van der Waals surface area (Å²) in [6, 6.07) is 13.4. The lowest BCUT2D eigenvalue weighted by molar-refractivity contribution is -0.142. The zero-order valence-corrected chi connectivity index (χ0v) is 18.1. The van der Waals surface area contributed by atoms with Crippen LogP contribution in [0.5, 0.6) is 0 Å². The fourth-order valence-corrected chi connectivity index (χ4v) is 3.62. The molecule has 6 nitrogen and oxygen atoms in total. The molecule has 0 saturated carbocycles. The van der Waals surface area contributed by atoms with Crippen molar-refractivity contribution in [3.8, 4) is 0 Å². The quantitative estimate of drug-likeness (QED) is 0.642. The molecule has 30 heavy (non-hydrogen) atoms. The molecule has 0 spiro atoms. The molecule has 2 N–H and O–H groups in total. The highest BCUT2D eigenvalue weighted by atomic mass is 32.2. The number of benzene rings is 2. The van der Waals surface area contributed by atoms with Crippen LogP contribution in [0.1, 0.15) is 24.5 Å². The fourth-order valence-electron chi connectivity index (χ4n) is 2.88. The van der Waals surface area contributed by atoms with E-state index >= 15 is 0 Å². The van der Waals surface area contributed by atoms with E-state index < -0.39 is 0 Å². The third kappa shape index (κ3) is 5.97. The van der Waals surface area contributed by atoms with Gasteiger partial charge in [0, 0.05) is 11.4 Å². The summed E-state index contributed by atoms with van der Waals surface area (Å²) in [5, 5.41) is 6.82. The van der Waals surface area contributed by atoms with Gasteiger partial charge in [-0.1, -0.05) is 30.0 Å². The summed E-state index contributed by atoms with van der Waals surface area (Å²) in [7, 11) is 0. The average molecular weight is 424 g/mol. The summed E-state index contributed by atoms with van der Waals surface area (Å²) >= 11 is 1.32. The SMILES string of the molecule is CCOC(=O)CC1=CC(SCC(=O)Nc2ccc(C)c(C)c2)=Nc2ccccc2N1. The van der Waals surface area contributed by atoms with Gasteiger partial charge in [0.1, 0.15) is 0 Å². The lowest BCUT2D eigenvalue weighted by atomic mass is 10.1. The molecule has 0 aromatic heterocycles. The summed E-state index contributed by atoms with van der Waals surface area (Å²) in [5.74, 6) is -0.221. The van der Waals surface area contributed by atoms with Gasteiger partial charge in [-0.3, -0.25) is 9.59 Å². The number of fused-ring (bicyclic) bond motifs is 1. The maximum atomic E-state index is 12.4. The van der Waals surface area contributed by atoms with Crippen molar-refractivity contribution in [1.82, 2.24) is 0 Å². The van der Waals surface area contributed by atoms with Gasteiger partial charge in [-0.05, 0) is 62.2 Å². The molecule has 1 aliphatic rings. The first-order valence-corrected chi connectivity index (χ1v) is 10.7. The Morgan fingerprint density at radius 1 is 1.13 bits per heavy atom. The number of carbonyl (C=O) groups is 2. The molecule has 1 heterocycles. The number of para-hydroxylation sites is 2. The van der Waals surface area contributed by atoms with Crippen LogP contribution in [0.2, 0.25) is 0 Å². The van der Waals surface area contributed by atoms with E-state index in [1.54, 1.807) is 13.0 Å². The molecule has 7 heteroatoms. The third-order valence-corrected chi connectivity index (χ3v) is 5.42. The van der Waals surface area contributed by atoms with Crippen molar-refractivity contribution < 1.29 is 14.3 Å². The highest BCUT2D eigenvalue weighted by Crippen LogP contribution is 2.31. The van der Waals surface area contributed by atoms with E-state index in [-0.39, 0.29) is 24.1 Å². The van der Waals surface area contributed by atoms with Crippen LogP contribution in [0, 0.1) is 13.8 Å². The molecule has 2 aromatic rings. The number of nitrogens with one attached hydrogen (secondary N) is 2. The molecule has 3 rings (SSSR count). The Hall–Kier alpha value is -3.06. The third-order valence-electron chi connectivity index (χ3n) is 4.51. The van der Waals surface area contributed by atoms with Crippen molar-refractivity contribution in [3.63, 3.8) is 0 Å². The highest BCUT2D eigenvalue weighted by Gasteiger charge is 2.15. The number of thioether (sulfide) groups is 1. The minimum atomic E-state index is -0.313. The van der Waals surface area contributed by atoms with Crippen molar-refractivity contribution >= 4 is 45.7 Å². The Bertz CT molecular complexity index is 1010. The maximum Gasteiger partial charge on any atom is 0.311 e. The van der Waals surface area contributed by atoms with Gasteiger partial charge in [0.05, 0.1) is 35.2 Å². The van der Waals surface area contributed by atoms with Gasteiger partial charge < -0.3 is 15.4 Å². The Balaban J connectivity index is 1.71. The summed E-state index contributed by atoms with van der Waals surface area (Å²) in [4.78, 5) is 29.0. The number of ether oxygens (including phenoxy) is 1. The van der Waals surface area contributed by atoms with Crippen LogP contribution in [0.4, 0.5) is 17.1 Å². The molecule has 2 aromatic carbocycles. The predicted octanol–water partition coefficient (Wildman–Crippen LogP) is 4.97. The average Bonchev–Trinajstić information content (AvgIpc) is 2.88. The van der Waals surface area contributed by atoms with E-state index in [1.807, 2.05) is 56.3 Å². The molecule has 0 bridgehead atoms. The molecule has 0 aliphatic carbocycles. The van der Waals surface area contributed by atoms with E-state index in [0.29, 0.717) is 17.3 Å². The molecule has 0 radical (unpaired) electrons.